The first-order chi connectivity index (χ1) is 7.81. The van der Waals surface area contributed by atoms with Crippen molar-refractivity contribution in [2.75, 3.05) is 6.61 Å². The van der Waals surface area contributed by atoms with Gasteiger partial charge in [-0.2, -0.15) is 0 Å². The minimum absolute atomic E-state index is 0.220. The van der Waals surface area contributed by atoms with Crippen molar-refractivity contribution in [2.45, 2.75) is 45.6 Å². The van der Waals surface area contributed by atoms with Crippen molar-refractivity contribution in [3.05, 3.63) is 11.6 Å². The molecule has 0 aliphatic carbocycles. The number of hydrogen-bond donors (Lipinski definition) is 0. The van der Waals surface area contributed by atoms with Crippen LogP contribution in [-0.2, 0) is 28.9 Å². The van der Waals surface area contributed by atoms with Crippen LogP contribution in [-0.4, -0.2) is 27.3 Å². The van der Waals surface area contributed by atoms with E-state index in [1.807, 2.05) is 6.92 Å². The van der Waals surface area contributed by atoms with Crippen LogP contribution in [0, 0.1) is 0 Å². The quantitative estimate of drug-likeness (QED) is 0.720. The second-order valence-electron chi connectivity index (χ2n) is 3.98. The van der Waals surface area contributed by atoms with Crippen molar-refractivity contribution >= 4 is 5.97 Å². The van der Waals surface area contributed by atoms with Crippen LogP contribution in [0.4, 0.5) is 0 Å². The normalized spacial score (nSPS) is 15.3. The maximum absolute atomic E-state index is 11.4. The predicted molar refractivity (Wildman–Crippen MR) is 57.9 cm³/mol. The molecule has 5 nitrogen and oxygen atoms in total. The molecule has 0 fully saturated rings. The summed E-state index contributed by atoms with van der Waals surface area (Å²) in [6.07, 6.45) is 4.73. The Morgan fingerprint density at radius 2 is 2.25 bits per heavy atom. The van der Waals surface area contributed by atoms with Gasteiger partial charge in [0.2, 0.25) is 0 Å². The van der Waals surface area contributed by atoms with Crippen LogP contribution in [0.25, 0.3) is 0 Å². The Morgan fingerprint density at radius 3 is 3.06 bits per heavy atom. The van der Waals surface area contributed by atoms with Gasteiger partial charge in [0.25, 0.3) is 0 Å². The molecule has 1 aromatic rings. The summed E-state index contributed by atoms with van der Waals surface area (Å²) in [5.41, 5.74) is 0. The summed E-state index contributed by atoms with van der Waals surface area (Å²) in [6.45, 7) is 3.15. The van der Waals surface area contributed by atoms with Crippen LogP contribution >= 0.6 is 0 Å². The molecular formula is C11H17N3O2. The molecule has 0 N–H and O–H groups in total. The molecule has 0 saturated heterocycles. The lowest BCUT2D eigenvalue weighted by atomic mass is 10.2. The van der Waals surface area contributed by atoms with Crippen LogP contribution in [0.5, 0.6) is 0 Å². The number of aromatic nitrogens is 3. The number of aryl methyl sites for hydroxylation is 1. The Hall–Kier alpha value is -1.39. The van der Waals surface area contributed by atoms with E-state index >= 15 is 0 Å². The summed E-state index contributed by atoms with van der Waals surface area (Å²) in [5.74, 6) is 1.54. The highest BCUT2D eigenvalue weighted by Gasteiger charge is 2.17. The van der Waals surface area contributed by atoms with Gasteiger partial charge >= 0.3 is 5.97 Å². The number of fused-ring (bicyclic) bond motifs is 1. The molecule has 5 heteroatoms. The van der Waals surface area contributed by atoms with Gasteiger partial charge in [-0.15, -0.1) is 10.2 Å². The molecule has 16 heavy (non-hydrogen) atoms. The van der Waals surface area contributed by atoms with Crippen LogP contribution in [0.2, 0.25) is 0 Å². The zero-order valence-electron chi connectivity index (χ0n) is 9.61. The van der Waals surface area contributed by atoms with Gasteiger partial charge in [0, 0.05) is 13.0 Å². The van der Waals surface area contributed by atoms with Gasteiger partial charge in [-0.25, -0.2) is 0 Å². The first-order valence-electron chi connectivity index (χ1n) is 5.88. The van der Waals surface area contributed by atoms with Crippen molar-refractivity contribution < 1.29 is 9.53 Å². The summed E-state index contributed by atoms with van der Waals surface area (Å²) in [6, 6.07) is 0. The van der Waals surface area contributed by atoms with Gasteiger partial charge < -0.3 is 9.30 Å². The number of ether oxygens (including phenoxy) is 1. The first-order valence-corrected chi connectivity index (χ1v) is 5.88. The Bertz CT molecular complexity index is 373. The van der Waals surface area contributed by atoms with Gasteiger partial charge in [-0.3, -0.25) is 4.79 Å². The second kappa shape index (κ2) is 5.09. The number of nitrogens with zero attached hydrogens (tertiary/aromatic N) is 3. The van der Waals surface area contributed by atoms with E-state index in [0.29, 0.717) is 6.61 Å². The van der Waals surface area contributed by atoms with Crippen molar-refractivity contribution in [3.8, 4) is 0 Å². The number of esters is 1. The molecule has 1 aliphatic heterocycles. The zero-order chi connectivity index (χ0) is 11.4. The Labute approximate surface area is 94.8 Å². The Morgan fingerprint density at radius 1 is 1.38 bits per heavy atom. The summed E-state index contributed by atoms with van der Waals surface area (Å²) in [5, 5.41) is 8.21. The van der Waals surface area contributed by atoms with Crippen molar-refractivity contribution in [1.29, 1.82) is 0 Å². The van der Waals surface area contributed by atoms with Crippen LogP contribution in [0.3, 0.4) is 0 Å². The van der Waals surface area contributed by atoms with Crippen LogP contribution in [0.15, 0.2) is 0 Å². The highest BCUT2D eigenvalue weighted by Crippen LogP contribution is 2.14. The van der Waals surface area contributed by atoms with E-state index in [1.54, 1.807) is 0 Å². The monoisotopic (exact) mass is 223 g/mol. The smallest absolute Gasteiger partial charge is 0.313 e. The van der Waals surface area contributed by atoms with E-state index in [1.165, 1.54) is 6.42 Å². The number of hydrogen-bond acceptors (Lipinski definition) is 4. The van der Waals surface area contributed by atoms with E-state index < -0.39 is 0 Å². The molecule has 1 aromatic heterocycles. The predicted octanol–water partition coefficient (Wildman–Crippen LogP) is 1.11. The lowest BCUT2D eigenvalue weighted by molar-refractivity contribution is -0.142. The van der Waals surface area contributed by atoms with E-state index in [0.717, 1.165) is 37.5 Å². The average molecular weight is 223 g/mol. The van der Waals surface area contributed by atoms with E-state index in [4.69, 9.17) is 4.74 Å². The highest BCUT2D eigenvalue weighted by molar-refractivity contribution is 5.71. The standard InChI is InChI=1S/C11H17N3O2/c1-2-16-11(15)8-10-13-12-9-6-4-3-5-7-14(9)10/h2-8H2,1H3. The summed E-state index contributed by atoms with van der Waals surface area (Å²) in [4.78, 5) is 11.4. The second-order valence-corrected chi connectivity index (χ2v) is 3.98. The third-order valence-corrected chi connectivity index (χ3v) is 2.79. The molecule has 0 atom stereocenters. The fourth-order valence-corrected chi connectivity index (χ4v) is 2.02. The van der Waals surface area contributed by atoms with Gasteiger partial charge in [0.1, 0.15) is 18.1 Å². The lowest BCUT2D eigenvalue weighted by Crippen LogP contribution is -2.13. The van der Waals surface area contributed by atoms with Gasteiger partial charge in [-0.05, 0) is 19.8 Å². The maximum atomic E-state index is 11.4. The summed E-state index contributed by atoms with van der Waals surface area (Å²) in [7, 11) is 0. The maximum Gasteiger partial charge on any atom is 0.313 e. The minimum Gasteiger partial charge on any atom is -0.466 e. The molecule has 88 valence electrons. The molecule has 0 amide bonds. The first kappa shape index (κ1) is 11.1. The number of carbonyl (C=O) groups excluding carboxylic acids is 1. The number of rotatable bonds is 3. The van der Waals surface area contributed by atoms with Crippen molar-refractivity contribution in [1.82, 2.24) is 14.8 Å². The van der Waals surface area contributed by atoms with E-state index in [2.05, 4.69) is 14.8 Å². The molecule has 0 radical (unpaired) electrons. The fraction of sp³-hybridized carbons (Fsp3) is 0.727. The minimum atomic E-state index is -0.220. The largest absolute Gasteiger partial charge is 0.466 e. The van der Waals surface area contributed by atoms with Crippen LogP contribution < -0.4 is 0 Å². The summed E-state index contributed by atoms with van der Waals surface area (Å²) < 4.78 is 6.99. The topological polar surface area (TPSA) is 57.0 Å². The Balaban J connectivity index is 2.10. The zero-order valence-corrected chi connectivity index (χ0v) is 9.61. The molecule has 0 saturated carbocycles. The van der Waals surface area contributed by atoms with Crippen LogP contribution in [0.1, 0.15) is 37.8 Å². The van der Waals surface area contributed by atoms with Crippen molar-refractivity contribution in [2.24, 2.45) is 0 Å². The molecule has 0 unspecified atom stereocenters. The highest BCUT2D eigenvalue weighted by atomic mass is 16.5. The Kier molecular flexibility index (Phi) is 3.54. The molecule has 0 bridgehead atoms. The molecule has 0 spiro atoms. The van der Waals surface area contributed by atoms with Crippen molar-refractivity contribution in [3.63, 3.8) is 0 Å². The molecule has 2 heterocycles. The summed E-state index contributed by atoms with van der Waals surface area (Å²) >= 11 is 0. The van der Waals surface area contributed by atoms with Gasteiger partial charge in [-0.1, -0.05) is 6.42 Å². The third-order valence-electron chi connectivity index (χ3n) is 2.79. The molecular weight excluding hydrogens is 206 g/mol. The average Bonchev–Trinajstić information content (AvgIpc) is 2.51. The van der Waals surface area contributed by atoms with Gasteiger partial charge in [0.05, 0.1) is 6.61 Å². The number of carbonyl (C=O) groups is 1. The van der Waals surface area contributed by atoms with E-state index in [9.17, 15) is 4.79 Å². The molecule has 1 aliphatic rings. The van der Waals surface area contributed by atoms with E-state index in [-0.39, 0.29) is 12.4 Å². The third kappa shape index (κ3) is 2.40. The van der Waals surface area contributed by atoms with Gasteiger partial charge in [0.15, 0.2) is 0 Å². The fourth-order valence-electron chi connectivity index (χ4n) is 2.02. The molecule has 0 aromatic carbocycles. The lowest BCUT2D eigenvalue weighted by Gasteiger charge is -2.06. The SMILES string of the molecule is CCOC(=O)Cc1nnc2n1CCCCC2. The molecule has 2 rings (SSSR count).